The monoisotopic (exact) mass is 324 g/mol. The van der Waals surface area contributed by atoms with Crippen LogP contribution >= 0.6 is 38.6 Å². The van der Waals surface area contributed by atoms with Gasteiger partial charge in [0.15, 0.2) is 0 Å². The highest BCUT2D eigenvalue weighted by molar-refractivity contribution is 9.08. The molecule has 0 aliphatic carbocycles. The molecule has 2 rings (SSSR count). The Morgan fingerprint density at radius 2 is 1.71 bits per heavy atom. The van der Waals surface area contributed by atoms with E-state index in [1.54, 1.807) is 0 Å². The zero-order chi connectivity index (χ0) is 12.7. The lowest BCUT2D eigenvalue weighted by atomic mass is 10.3. The van der Waals surface area contributed by atoms with E-state index < -0.39 is 0 Å². The van der Waals surface area contributed by atoms with Gasteiger partial charge in [0.1, 0.15) is 21.9 Å². The van der Waals surface area contributed by atoms with E-state index in [1.807, 2.05) is 29.8 Å². The van der Waals surface area contributed by atoms with Crippen LogP contribution in [0.1, 0.15) is 20.9 Å². The highest BCUT2D eigenvalue weighted by Gasteiger charge is 1.94. The van der Waals surface area contributed by atoms with Gasteiger partial charge in [-0.15, -0.1) is 22.7 Å². The topological polar surface area (TPSA) is 47.6 Å². The van der Waals surface area contributed by atoms with Crippen molar-refractivity contribution in [3.63, 3.8) is 0 Å². The Kier molecular flexibility index (Phi) is 5.93. The minimum Gasteiger partial charge on any atom is -0.192 e. The van der Waals surface area contributed by atoms with Gasteiger partial charge in [-0.05, 0) is 40.9 Å². The second-order valence-corrected chi connectivity index (χ2v) is 5.55. The SMILES string of the molecule is Cc1csc(C#N)c1.N#Cc1cc(CBr)cs1. The molecule has 0 bridgehead atoms. The summed E-state index contributed by atoms with van der Waals surface area (Å²) in [5.74, 6) is 0. The van der Waals surface area contributed by atoms with Crippen LogP contribution in [0.2, 0.25) is 0 Å². The number of alkyl halides is 1. The summed E-state index contributed by atoms with van der Waals surface area (Å²) in [6, 6.07) is 7.91. The molecule has 0 amide bonds. The van der Waals surface area contributed by atoms with E-state index in [0.29, 0.717) is 0 Å². The summed E-state index contributed by atoms with van der Waals surface area (Å²) < 4.78 is 0. The maximum atomic E-state index is 8.39. The number of nitrogens with zero attached hydrogens (tertiary/aromatic N) is 2. The molecule has 0 aromatic carbocycles. The summed E-state index contributed by atoms with van der Waals surface area (Å²) in [6.07, 6.45) is 0. The van der Waals surface area contributed by atoms with Gasteiger partial charge in [0.25, 0.3) is 0 Å². The first-order valence-electron chi connectivity index (χ1n) is 4.68. The number of hydrogen-bond acceptors (Lipinski definition) is 4. The molecule has 2 heterocycles. The molecule has 86 valence electrons. The molecule has 0 unspecified atom stereocenters. The number of thiophene rings is 2. The van der Waals surface area contributed by atoms with Gasteiger partial charge in [-0.3, -0.25) is 0 Å². The van der Waals surface area contributed by atoms with Crippen LogP contribution < -0.4 is 0 Å². The van der Waals surface area contributed by atoms with E-state index in [-0.39, 0.29) is 0 Å². The molecular weight excluding hydrogens is 316 g/mol. The highest BCUT2D eigenvalue weighted by atomic mass is 79.9. The molecular formula is C12H9BrN2S2. The standard InChI is InChI=1S/C6H4BrNS.C6H5NS/c7-2-5-1-6(3-8)9-4-5;1-5-2-6(3-7)8-4-5/h1,4H,2H2;2,4H,1H3. The summed E-state index contributed by atoms with van der Waals surface area (Å²) >= 11 is 6.27. The molecule has 0 aliphatic heterocycles. The summed E-state index contributed by atoms with van der Waals surface area (Å²) in [6.45, 7) is 1.98. The van der Waals surface area contributed by atoms with Crippen LogP contribution in [0.15, 0.2) is 22.9 Å². The lowest BCUT2D eigenvalue weighted by Gasteiger charge is -1.77. The minimum absolute atomic E-state index is 0.782. The van der Waals surface area contributed by atoms with Gasteiger partial charge in [-0.2, -0.15) is 10.5 Å². The van der Waals surface area contributed by atoms with Gasteiger partial charge in [0, 0.05) is 5.33 Å². The van der Waals surface area contributed by atoms with Crippen molar-refractivity contribution in [2.75, 3.05) is 0 Å². The number of nitriles is 2. The van der Waals surface area contributed by atoms with Crippen LogP contribution in [0, 0.1) is 29.6 Å². The van der Waals surface area contributed by atoms with Gasteiger partial charge in [-0.25, -0.2) is 0 Å². The molecule has 5 heteroatoms. The lowest BCUT2D eigenvalue weighted by molar-refractivity contribution is 1.48. The second kappa shape index (κ2) is 7.24. The summed E-state index contributed by atoms with van der Waals surface area (Å²) in [7, 11) is 0. The second-order valence-electron chi connectivity index (χ2n) is 3.16. The van der Waals surface area contributed by atoms with E-state index in [1.165, 1.54) is 33.8 Å². The smallest absolute Gasteiger partial charge is 0.110 e. The number of halogens is 1. The third-order valence-electron chi connectivity index (χ3n) is 1.76. The van der Waals surface area contributed by atoms with E-state index in [9.17, 15) is 0 Å². The van der Waals surface area contributed by atoms with Crippen molar-refractivity contribution in [2.24, 2.45) is 0 Å². The summed E-state index contributed by atoms with van der Waals surface area (Å²) in [5, 5.41) is 21.5. The molecule has 0 saturated heterocycles. The van der Waals surface area contributed by atoms with Crippen molar-refractivity contribution < 1.29 is 0 Å². The fourth-order valence-corrected chi connectivity index (χ4v) is 2.92. The van der Waals surface area contributed by atoms with Crippen LogP contribution in [0.25, 0.3) is 0 Å². The van der Waals surface area contributed by atoms with Gasteiger partial charge in [-0.1, -0.05) is 15.9 Å². The number of rotatable bonds is 1. The molecule has 0 saturated carbocycles. The Bertz CT molecular complexity index is 558. The van der Waals surface area contributed by atoms with Crippen LogP contribution in [0.5, 0.6) is 0 Å². The van der Waals surface area contributed by atoms with Crippen LogP contribution in [0.3, 0.4) is 0 Å². The van der Waals surface area contributed by atoms with Crippen molar-refractivity contribution in [3.05, 3.63) is 43.8 Å². The van der Waals surface area contributed by atoms with Crippen molar-refractivity contribution in [1.82, 2.24) is 0 Å². The van der Waals surface area contributed by atoms with E-state index in [4.69, 9.17) is 10.5 Å². The Morgan fingerprint density at radius 1 is 1.12 bits per heavy atom. The minimum atomic E-state index is 0.782. The Morgan fingerprint density at radius 3 is 2.00 bits per heavy atom. The van der Waals surface area contributed by atoms with Crippen molar-refractivity contribution in [2.45, 2.75) is 12.3 Å². The quantitative estimate of drug-likeness (QED) is 0.728. The predicted octanol–water partition coefficient (Wildman–Crippen LogP) is 4.44. The Balaban J connectivity index is 0.000000171. The van der Waals surface area contributed by atoms with Crippen LogP contribution in [-0.2, 0) is 5.33 Å². The van der Waals surface area contributed by atoms with Crippen molar-refractivity contribution in [1.29, 1.82) is 10.5 Å². The predicted molar refractivity (Wildman–Crippen MR) is 75.4 cm³/mol. The largest absolute Gasteiger partial charge is 0.192 e. The van der Waals surface area contributed by atoms with Gasteiger partial charge >= 0.3 is 0 Å². The number of aryl methyl sites for hydroxylation is 1. The third kappa shape index (κ3) is 4.70. The average molecular weight is 325 g/mol. The third-order valence-corrected chi connectivity index (χ3v) is 4.24. The molecule has 0 spiro atoms. The maximum absolute atomic E-state index is 8.39. The summed E-state index contributed by atoms with van der Waals surface area (Å²) in [4.78, 5) is 1.58. The first kappa shape index (κ1) is 13.9. The van der Waals surface area contributed by atoms with E-state index in [0.717, 1.165) is 15.1 Å². The molecule has 17 heavy (non-hydrogen) atoms. The molecule has 0 fully saturated rings. The molecule has 0 atom stereocenters. The first-order chi connectivity index (χ1) is 8.19. The number of hydrogen-bond donors (Lipinski definition) is 0. The molecule has 2 nitrogen and oxygen atoms in total. The molecule has 0 N–H and O–H groups in total. The Labute approximate surface area is 117 Å². The average Bonchev–Trinajstić information content (AvgIpc) is 2.97. The summed E-state index contributed by atoms with van der Waals surface area (Å²) in [5.41, 5.74) is 2.35. The van der Waals surface area contributed by atoms with E-state index in [2.05, 4.69) is 28.1 Å². The molecule has 2 aromatic rings. The zero-order valence-corrected chi connectivity index (χ0v) is 12.3. The normalized spacial score (nSPS) is 8.71. The van der Waals surface area contributed by atoms with Crippen LogP contribution in [-0.4, -0.2) is 0 Å². The fraction of sp³-hybridized carbons (Fsp3) is 0.167. The lowest BCUT2D eigenvalue weighted by Crippen LogP contribution is -1.64. The van der Waals surface area contributed by atoms with Crippen molar-refractivity contribution in [3.8, 4) is 12.1 Å². The fourth-order valence-electron chi connectivity index (χ4n) is 0.994. The highest BCUT2D eigenvalue weighted by Crippen LogP contribution is 2.15. The van der Waals surface area contributed by atoms with Gasteiger partial charge in [0.05, 0.1) is 0 Å². The van der Waals surface area contributed by atoms with E-state index >= 15 is 0 Å². The zero-order valence-electron chi connectivity index (χ0n) is 9.11. The van der Waals surface area contributed by atoms with Crippen molar-refractivity contribution >= 4 is 38.6 Å². The van der Waals surface area contributed by atoms with Gasteiger partial charge < -0.3 is 0 Å². The molecule has 0 aliphatic rings. The molecule has 2 aromatic heterocycles. The molecule has 0 radical (unpaired) electrons. The first-order valence-corrected chi connectivity index (χ1v) is 7.56. The van der Waals surface area contributed by atoms with Gasteiger partial charge in [0.2, 0.25) is 0 Å². The Hall–Kier alpha value is -1.14. The van der Waals surface area contributed by atoms with Crippen LogP contribution in [0.4, 0.5) is 0 Å². The maximum Gasteiger partial charge on any atom is 0.110 e.